The lowest BCUT2D eigenvalue weighted by Gasteiger charge is -2.30. The Labute approximate surface area is 356 Å². The molecule has 3 rings (SSSR count). The number of hydrogen-bond donors (Lipinski definition) is 9. The molecule has 2 aromatic rings. The van der Waals surface area contributed by atoms with E-state index in [2.05, 4.69) is 41.3 Å². The van der Waals surface area contributed by atoms with Gasteiger partial charge in [0.2, 0.25) is 16.9 Å². The highest BCUT2D eigenvalue weighted by molar-refractivity contribution is 8.14. The second-order valence-electron chi connectivity index (χ2n) is 14.5. The highest BCUT2D eigenvalue weighted by Crippen LogP contribution is 2.61. The number of fused-ring (bicyclic) bond motifs is 1. The summed E-state index contributed by atoms with van der Waals surface area (Å²) in [6.45, 7) is 2.69. The number of nitrogen functional groups attached to an aromatic ring is 1. The molecule has 2 amide bonds. The molecule has 346 valence electrons. The van der Waals surface area contributed by atoms with Crippen molar-refractivity contribution < 1.29 is 80.5 Å². The zero-order valence-corrected chi connectivity index (χ0v) is 37.4. The Morgan fingerprint density at radius 2 is 1.67 bits per heavy atom. The van der Waals surface area contributed by atoms with E-state index in [0.29, 0.717) is 5.75 Å². The second kappa shape index (κ2) is 24.4. The van der Waals surface area contributed by atoms with Crippen molar-refractivity contribution in [2.24, 2.45) is 5.41 Å². The molecule has 24 nitrogen and oxygen atoms in total. The fourth-order valence-corrected chi connectivity index (χ4v) is 9.16. The average molecular weight is 948 g/mol. The van der Waals surface area contributed by atoms with E-state index in [9.17, 15) is 57.9 Å². The summed E-state index contributed by atoms with van der Waals surface area (Å²) in [6, 6.07) is 0. The first kappa shape index (κ1) is 52.6. The van der Waals surface area contributed by atoms with Crippen LogP contribution in [0.2, 0.25) is 0 Å². The summed E-state index contributed by atoms with van der Waals surface area (Å²) in [5.41, 5.74) is 4.27. The number of amides is 2. The lowest BCUT2D eigenvalue weighted by Crippen LogP contribution is -2.46. The van der Waals surface area contributed by atoms with Crippen LogP contribution in [0.1, 0.15) is 84.8 Å². The topological polar surface area (TPSA) is 364 Å². The number of nitrogens with two attached hydrogens (primary N) is 1. The van der Waals surface area contributed by atoms with E-state index < -0.39 is 84.6 Å². The molecule has 0 radical (unpaired) electrons. The van der Waals surface area contributed by atoms with E-state index in [4.69, 9.17) is 19.5 Å². The van der Waals surface area contributed by atoms with Crippen LogP contribution in [0, 0.1) is 5.41 Å². The standard InChI is InChI=1S/C33H56N7O17P3S/c1-4-5-6-7-8-9-10-11-12-13-24(42)61-17-16-35-23(41)14-15-36-31(45)28(44)33(2,3)19-54-60(51,52)57-59(49,50)53-18-22-27(56-58(46,47)48)26(43)32(55-22)40-21-39-25-29(34)37-20-38-30(25)40/h12-13,20-22,26-28,32,43-44H,4-11,14-19H2,1-3H3,(H,35,41)(H,36,45)(H,49,50)(H,51,52)(H2,34,37,38)(H2,46,47,48)/b13-12+/t22-,26-,27-,28+,32-/m1/s1. The van der Waals surface area contributed by atoms with Crippen molar-refractivity contribution in [3.8, 4) is 0 Å². The number of aromatic nitrogens is 4. The number of phosphoric ester groups is 3. The van der Waals surface area contributed by atoms with Gasteiger partial charge in [0, 0.05) is 30.7 Å². The van der Waals surface area contributed by atoms with Gasteiger partial charge in [-0.05, 0) is 18.9 Å². The molecule has 1 saturated heterocycles. The number of phosphoric acid groups is 3. The molecule has 3 heterocycles. The van der Waals surface area contributed by atoms with Crippen molar-refractivity contribution in [3.05, 3.63) is 24.8 Å². The highest BCUT2D eigenvalue weighted by Gasteiger charge is 2.50. The molecule has 7 atom stereocenters. The largest absolute Gasteiger partial charge is 0.481 e. The fraction of sp³-hybridized carbons (Fsp3) is 0.697. The van der Waals surface area contributed by atoms with E-state index in [0.717, 1.165) is 48.2 Å². The van der Waals surface area contributed by atoms with Crippen LogP contribution in [0.4, 0.5) is 5.82 Å². The van der Waals surface area contributed by atoms with Crippen molar-refractivity contribution in [3.63, 3.8) is 0 Å². The van der Waals surface area contributed by atoms with E-state index in [1.165, 1.54) is 52.0 Å². The number of carbonyl (C=O) groups is 3. The number of unbranched alkanes of at least 4 members (excludes halogenated alkanes) is 7. The van der Waals surface area contributed by atoms with Gasteiger partial charge in [0.25, 0.3) is 0 Å². The first-order valence-electron chi connectivity index (χ1n) is 19.3. The maximum atomic E-state index is 12.7. The van der Waals surface area contributed by atoms with Gasteiger partial charge in [0.05, 0.1) is 19.5 Å². The third kappa shape index (κ3) is 18.1. The van der Waals surface area contributed by atoms with Crippen LogP contribution in [0.25, 0.3) is 11.2 Å². The summed E-state index contributed by atoms with van der Waals surface area (Å²) in [7, 11) is -16.4. The van der Waals surface area contributed by atoms with Crippen LogP contribution in [0.5, 0.6) is 0 Å². The zero-order chi connectivity index (χ0) is 45.4. The van der Waals surface area contributed by atoms with Crippen LogP contribution < -0.4 is 16.4 Å². The molecule has 61 heavy (non-hydrogen) atoms. The fourth-order valence-electron chi connectivity index (χ4n) is 5.73. The van der Waals surface area contributed by atoms with Gasteiger partial charge in [-0.25, -0.2) is 28.6 Å². The van der Waals surface area contributed by atoms with Crippen LogP contribution in [0.3, 0.4) is 0 Å². The number of nitrogens with zero attached hydrogens (tertiary/aromatic N) is 4. The first-order valence-corrected chi connectivity index (χ1v) is 24.8. The highest BCUT2D eigenvalue weighted by atomic mass is 32.2. The van der Waals surface area contributed by atoms with Crippen molar-refractivity contribution in [2.75, 3.05) is 37.8 Å². The van der Waals surface area contributed by atoms with Crippen LogP contribution in [-0.2, 0) is 50.7 Å². The molecule has 28 heteroatoms. The maximum absolute atomic E-state index is 12.7. The number of carbonyl (C=O) groups excluding carboxylic acids is 3. The summed E-state index contributed by atoms with van der Waals surface area (Å²) in [5.74, 6) is -1.10. The average Bonchev–Trinajstić information content (AvgIpc) is 3.73. The molecule has 1 aliphatic heterocycles. The van der Waals surface area contributed by atoms with Crippen LogP contribution in [0.15, 0.2) is 24.8 Å². The Hall–Kier alpha value is -2.70. The smallest absolute Gasteiger partial charge is 0.386 e. The lowest BCUT2D eigenvalue weighted by atomic mass is 9.87. The molecule has 0 saturated carbocycles. The minimum absolute atomic E-state index is 0.0317. The monoisotopic (exact) mass is 947 g/mol. The summed E-state index contributed by atoms with van der Waals surface area (Å²) in [4.78, 5) is 87.9. The second-order valence-corrected chi connectivity index (χ2v) is 19.9. The predicted molar refractivity (Wildman–Crippen MR) is 219 cm³/mol. The molecule has 0 bridgehead atoms. The molecule has 2 unspecified atom stereocenters. The van der Waals surface area contributed by atoms with E-state index in [1.54, 1.807) is 0 Å². The Kier molecular flexibility index (Phi) is 21.0. The molecular weight excluding hydrogens is 891 g/mol. The van der Waals surface area contributed by atoms with Gasteiger partial charge in [-0.15, -0.1) is 0 Å². The minimum Gasteiger partial charge on any atom is -0.386 e. The van der Waals surface area contributed by atoms with Crippen molar-refractivity contribution in [1.29, 1.82) is 0 Å². The Morgan fingerprint density at radius 1 is 1.00 bits per heavy atom. The van der Waals surface area contributed by atoms with Crippen LogP contribution in [-0.4, -0.2) is 123 Å². The van der Waals surface area contributed by atoms with Gasteiger partial charge in [-0.1, -0.05) is 77.1 Å². The molecule has 10 N–H and O–H groups in total. The number of hydrogen-bond acceptors (Lipinski definition) is 18. The lowest BCUT2D eigenvalue weighted by molar-refractivity contribution is -0.137. The first-order chi connectivity index (χ1) is 28.6. The van der Waals surface area contributed by atoms with Crippen LogP contribution >= 0.6 is 35.2 Å². The van der Waals surface area contributed by atoms with Gasteiger partial charge < -0.3 is 50.9 Å². The quantitative estimate of drug-likeness (QED) is 0.0336. The van der Waals surface area contributed by atoms with E-state index >= 15 is 0 Å². The van der Waals surface area contributed by atoms with E-state index in [-0.39, 0.29) is 41.6 Å². The minimum atomic E-state index is -5.57. The van der Waals surface area contributed by atoms with Gasteiger partial charge in [0.1, 0.15) is 36.3 Å². The van der Waals surface area contributed by atoms with E-state index in [1.807, 2.05) is 6.08 Å². The Balaban J connectivity index is 1.40. The van der Waals surface area contributed by atoms with Crippen molar-refractivity contribution in [1.82, 2.24) is 30.2 Å². The molecule has 2 aromatic heterocycles. The number of anilines is 1. The number of nitrogens with one attached hydrogen (secondary N) is 2. The summed E-state index contributed by atoms with van der Waals surface area (Å²) in [6.07, 6.45) is 5.64. The van der Waals surface area contributed by atoms with Gasteiger partial charge in [0.15, 0.2) is 17.7 Å². The van der Waals surface area contributed by atoms with Crippen molar-refractivity contribution >= 4 is 69.1 Å². The Morgan fingerprint density at radius 3 is 2.36 bits per heavy atom. The molecule has 0 aromatic carbocycles. The third-order valence-electron chi connectivity index (χ3n) is 8.97. The summed E-state index contributed by atoms with van der Waals surface area (Å²) < 4.78 is 62.3. The Bertz CT molecular complexity index is 1940. The number of rotatable bonds is 28. The summed E-state index contributed by atoms with van der Waals surface area (Å²) in [5, 5.41) is 26.4. The van der Waals surface area contributed by atoms with Gasteiger partial charge in [-0.3, -0.25) is 32.5 Å². The number of aliphatic hydroxyl groups is 2. The number of thioether (sulfide) groups is 1. The molecule has 0 aliphatic carbocycles. The number of allylic oxidation sites excluding steroid dienone is 1. The molecular formula is C33H56N7O17P3S. The maximum Gasteiger partial charge on any atom is 0.481 e. The molecule has 1 aliphatic rings. The normalized spacial score (nSPS) is 21.0. The third-order valence-corrected chi connectivity index (χ3v) is 12.9. The predicted octanol–water partition coefficient (Wildman–Crippen LogP) is 2.36. The van der Waals surface area contributed by atoms with Crippen molar-refractivity contribution in [2.45, 2.75) is 109 Å². The van der Waals surface area contributed by atoms with Gasteiger partial charge in [-0.2, -0.15) is 4.31 Å². The molecule has 0 spiro atoms. The number of ether oxygens (including phenoxy) is 1. The molecule has 1 fully saturated rings. The summed E-state index contributed by atoms with van der Waals surface area (Å²) >= 11 is 1.06. The SMILES string of the molecule is CCCCCCCCC/C=C/C(=O)SCCNC(=O)CCNC(=O)[C@H](O)C(C)(C)COP(=O)(O)OP(=O)(O)OC[C@H]1O[C@@H](n2cnc3c(N)ncnc32)[C@H](O)[C@@H]1OP(=O)(O)O. The number of aliphatic hydroxyl groups excluding tert-OH is 2. The zero-order valence-electron chi connectivity index (χ0n) is 33.9. The van der Waals surface area contributed by atoms with Gasteiger partial charge >= 0.3 is 23.5 Å². The number of imidazole rings is 1.